The smallest absolute Gasteiger partial charge is 0.323 e. The van der Waals surface area contributed by atoms with E-state index in [-0.39, 0.29) is 6.03 Å². The number of para-hydroxylation sites is 2. The number of hydrogen-bond donors (Lipinski definition) is 1. The van der Waals surface area contributed by atoms with Crippen molar-refractivity contribution >= 4 is 32.7 Å². The first-order valence-corrected chi connectivity index (χ1v) is 7.98. The average molecular weight is 327 g/mol. The van der Waals surface area contributed by atoms with Crippen LogP contribution in [0.25, 0.3) is 10.2 Å². The molecule has 2 aromatic carbocycles. The molecular weight excluding hydrogens is 310 g/mol. The van der Waals surface area contributed by atoms with Crippen molar-refractivity contribution in [1.82, 2.24) is 9.88 Å². The first kappa shape index (κ1) is 15.3. The predicted molar refractivity (Wildman–Crippen MR) is 93.1 cm³/mol. The van der Waals surface area contributed by atoms with E-state index >= 15 is 0 Å². The maximum absolute atomic E-state index is 12.3. The van der Waals surface area contributed by atoms with Gasteiger partial charge in [0.1, 0.15) is 5.75 Å². The molecule has 3 aromatic rings. The summed E-state index contributed by atoms with van der Waals surface area (Å²) in [6.45, 7) is 0.459. The second kappa shape index (κ2) is 6.66. The van der Waals surface area contributed by atoms with Gasteiger partial charge in [-0.1, -0.05) is 41.7 Å². The quantitative estimate of drug-likeness (QED) is 0.789. The highest BCUT2D eigenvalue weighted by atomic mass is 32.1. The first-order valence-electron chi connectivity index (χ1n) is 7.17. The molecule has 0 spiro atoms. The number of urea groups is 1. The third kappa shape index (κ3) is 3.43. The number of carbonyl (C=O) groups is 1. The minimum atomic E-state index is -0.199. The number of fused-ring (bicyclic) bond motifs is 1. The summed E-state index contributed by atoms with van der Waals surface area (Å²) in [5, 5.41) is 3.44. The number of thiazole rings is 1. The molecular formula is C17H17N3O2S. The van der Waals surface area contributed by atoms with Crippen LogP contribution in [0, 0.1) is 0 Å². The van der Waals surface area contributed by atoms with E-state index in [1.54, 1.807) is 19.1 Å². The van der Waals surface area contributed by atoms with E-state index in [1.165, 1.54) is 11.3 Å². The zero-order valence-corrected chi connectivity index (χ0v) is 13.8. The Balaban J connectivity index is 1.69. The van der Waals surface area contributed by atoms with Gasteiger partial charge >= 0.3 is 6.03 Å². The van der Waals surface area contributed by atoms with Gasteiger partial charge in [0.15, 0.2) is 5.13 Å². The summed E-state index contributed by atoms with van der Waals surface area (Å²) in [6, 6.07) is 15.3. The first-order chi connectivity index (χ1) is 11.2. The van der Waals surface area contributed by atoms with Gasteiger partial charge in [0.05, 0.1) is 23.9 Å². The van der Waals surface area contributed by atoms with Gasteiger partial charge in [-0.3, -0.25) is 5.32 Å². The van der Waals surface area contributed by atoms with E-state index in [0.29, 0.717) is 11.7 Å². The lowest BCUT2D eigenvalue weighted by Crippen LogP contribution is -2.30. The van der Waals surface area contributed by atoms with Gasteiger partial charge < -0.3 is 9.64 Å². The van der Waals surface area contributed by atoms with Gasteiger partial charge in [-0.15, -0.1) is 0 Å². The Morgan fingerprint density at radius 2 is 1.96 bits per heavy atom. The molecule has 0 bridgehead atoms. The normalized spacial score (nSPS) is 10.5. The van der Waals surface area contributed by atoms with E-state index in [4.69, 9.17) is 4.74 Å². The van der Waals surface area contributed by atoms with Crippen LogP contribution >= 0.6 is 11.3 Å². The van der Waals surface area contributed by atoms with E-state index in [0.717, 1.165) is 21.5 Å². The Hall–Kier alpha value is -2.60. The van der Waals surface area contributed by atoms with Crippen LogP contribution in [0.5, 0.6) is 5.75 Å². The zero-order chi connectivity index (χ0) is 16.2. The number of rotatable bonds is 4. The summed E-state index contributed by atoms with van der Waals surface area (Å²) in [7, 11) is 3.37. The summed E-state index contributed by atoms with van der Waals surface area (Å²) < 4.78 is 6.37. The van der Waals surface area contributed by atoms with Crippen LogP contribution in [0.1, 0.15) is 5.56 Å². The second-order valence-electron chi connectivity index (χ2n) is 5.08. The second-order valence-corrected chi connectivity index (χ2v) is 6.12. The Morgan fingerprint density at radius 1 is 1.22 bits per heavy atom. The molecule has 0 saturated carbocycles. The lowest BCUT2D eigenvalue weighted by Gasteiger charge is -2.18. The summed E-state index contributed by atoms with van der Waals surface area (Å²) in [4.78, 5) is 18.3. The lowest BCUT2D eigenvalue weighted by atomic mass is 10.2. The topological polar surface area (TPSA) is 54.5 Å². The molecule has 0 aliphatic heterocycles. The highest BCUT2D eigenvalue weighted by Crippen LogP contribution is 2.26. The summed E-state index contributed by atoms with van der Waals surface area (Å²) >= 11 is 1.46. The standard InChI is InChI=1S/C17H17N3O2S/c1-20(11-12-7-3-5-9-14(12)22-2)17(21)19-16-18-13-8-4-6-10-15(13)23-16/h3-10H,11H2,1-2H3,(H,18,19,21). The van der Waals surface area contributed by atoms with E-state index in [2.05, 4.69) is 10.3 Å². The molecule has 3 rings (SSSR count). The van der Waals surface area contributed by atoms with Gasteiger partial charge in [-0.05, 0) is 18.2 Å². The number of ether oxygens (including phenoxy) is 1. The highest BCUT2D eigenvalue weighted by molar-refractivity contribution is 7.22. The molecule has 0 saturated heterocycles. The molecule has 0 atom stereocenters. The molecule has 5 nitrogen and oxygen atoms in total. The Morgan fingerprint density at radius 3 is 2.74 bits per heavy atom. The number of carbonyl (C=O) groups excluding carboxylic acids is 1. The van der Waals surface area contributed by atoms with Crippen molar-refractivity contribution in [2.24, 2.45) is 0 Å². The number of benzene rings is 2. The molecule has 0 unspecified atom stereocenters. The maximum atomic E-state index is 12.3. The molecule has 23 heavy (non-hydrogen) atoms. The Bertz CT molecular complexity index is 798. The molecule has 0 aliphatic carbocycles. The predicted octanol–water partition coefficient (Wildman–Crippen LogP) is 3.97. The number of methoxy groups -OCH3 is 1. The summed E-state index contributed by atoms with van der Waals surface area (Å²) in [5.41, 5.74) is 1.84. The van der Waals surface area contributed by atoms with Crippen LogP contribution in [0.2, 0.25) is 0 Å². The van der Waals surface area contributed by atoms with E-state index < -0.39 is 0 Å². The van der Waals surface area contributed by atoms with Gasteiger partial charge in [0.2, 0.25) is 0 Å². The minimum absolute atomic E-state index is 0.199. The summed E-state index contributed by atoms with van der Waals surface area (Å²) in [5.74, 6) is 0.770. The fraction of sp³-hybridized carbons (Fsp3) is 0.176. The van der Waals surface area contributed by atoms with Crippen LogP contribution in [-0.2, 0) is 6.54 Å². The summed E-state index contributed by atoms with van der Waals surface area (Å²) in [6.07, 6.45) is 0. The van der Waals surface area contributed by atoms with Crippen LogP contribution in [0.15, 0.2) is 48.5 Å². The van der Waals surface area contributed by atoms with Crippen molar-refractivity contribution in [1.29, 1.82) is 0 Å². The molecule has 1 heterocycles. The van der Waals surface area contributed by atoms with Crippen LogP contribution in [0.4, 0.5) is 9.93 Å². The zero-order valence-electron chi connectivity index (χ0n) is 12.9. The monoisotopic (exact) mass is 327 g/mol. The van der Waals surface area contributed by atoms with Crippen LogP contribution in [-0.4, -0.2) is 30.1 Å². The number of aromatic nitrogens is 1. The van der Waals surface area contributed by atoms with Gasteiger partial charge in [-0.25, -0.2) is 9.78 Å². The van der Waals surface area contributed by atoms with Crippen molar-refractivity contribution in [3.05, 3.63) is 54.1 Å². The molecule has 0 radical (unpaired) electrons. The molecule has 2 amide bonds. The molecule has 1 aromatic heterocycles. The average Bonchev–Trinajstić information content (AvgIpc) is 2.97. The largest absolute Gasteiger partial charge is 0.496 e. The highest BCUT2D eigenvalue weighted by Gasteiger charge is 2.13. The fourth-order valence-corrected chi connectivity index (χ4v) is 3.13. The van der Waals surface area contributed by atoms with Gasteiger partial charge in [0.25, 0.3) is 0 Å². The Labute approximate surface area is 138 Å². The minimum Gasteiger partial charge on any atom is -0.496 e. The maximum Gasteiger partial charge on any atom is 0.323 e. The van der Waals surface area contributed by atoms with Gasteiger partial charge in [0, 0.05) is 12.6 Å². The molecule has 1 N–H and O–H groups in total. The number of nitrogens with one attached hydrogen (secondary N) is 1. The third-order valence-electron chi connectivity index (χ3n) is 3.45. The van der Waals surface area contributed by atoms with Gasteiger partial charge in [-0.2, -0.15) is 0 Å². The number of hydrogen-bond acceptors (Lipinski definition) is 4. The van der Waals surface area contributed by atoms with Crippen molar-refractivity contribution < 1.29 is 9.53 Å². The van der Waals surface area contributed by atoms with Crippen LogP contribution in [0.3, 0.4) is 0 Å². The number of amides is 2. The molecule has 6 heteroatoms. The van der Waals surface area contributed by atoms with Crippen molar-refractivity contribution in [3.63, 3.8) is 0 Å². The molecule has 0 aliphatic rings. The van der Waals surface area contributed by atoms with Crippen LogP contribution < -0.4 is 10.1 Å². The lowest BCUT2D eigenvalue weighted by molar-refractivity contribution is 0.220. The number of nitrogens with zero attached hydrogens (tertiary/aromatic N) is 2. The SMILES string of the molecule is COc1ccccc1CN(C)C(=O)Nc1nc2ccccc2s1. The molecule has 118 valence electrons. The number of anilines is 1. The van der Waals surface area contributed by atoms with Crippen molar-refractivity contribution in [2.75, 3.05) is 19.5 Å². The van der Waals surface area contributed by atoms with Crippen molar-refractivity contribution in [2.45, 2.75) is 6.54 Å². The fourth-order valence-electron chi connectivity index (χ4n) is 2.27. The Kier molecular flexibility index (Phi) is 4.43. The van der Waals surface area contributed by atoms with Crippen molar-refractivity contribution in [3.8, 4) is 5.75 Å². The third-order valence-corrected chi connectivity index (χ3v) is 4.41. The van der Waals surface area contributed by atoms with E-state index in [1.807, 2.05) is 48.5 Å². The van der Waals surface area contributed by atoms with E-state index in [9.17, 15) is 4.79 Å². The molecule has 0 fully saturated rings.